The summed E-state index contributed by atoms with van der Waals surface area (Å²) in [5.74, 6) is 2.53. The lowest BCUT2D eigenvalue weighted by Crippen LogP contribution is -2.29. The van der Waals surface area contributed by atoms with Crippen LogP contribution in [0.5, 0.6) is 0 Å². The maximum atomic E-state index is 5.95. The molecule has 1 fully saturated rings. The highest BCUT2D eigenvalue weighted by Crippen LogP contribution is 2.23. The molecule has 5 nitrogen and oxygen atoms in total. The fourth-order valence-electron chi connectivity index (χ4n) is 1.99. The van der Waals surface area contributed by atoms with E-state index in [0.29, 0.717) is 11.9 Å². The minimum atomic E-state index is 0.281. The molecular weight excluding hydrogens is 228 g/mol. The molecule has 0 atom stereocenters. The molecule has 1 aliphatic rings. The molecule has 0 aliphatic carbocycles. The molecule has 0 unspecified atom stereocenters. The highest BCUT2D eigenvalue weighted by Gasteiger charge is 2.17. The van der Waals surface area contributed by atoms with Crippen molar-refractivity contribution in [1.29, 1.82) is 0 Å². The van der Waals surface area contributed by atoms with Gasteiger partial charge in [-0.05, 0) is 19.8 Å². The summed E-state index contributed by atoms with van der Waals surface area (Å²) in [5.41, 5.74) is 6.88. The summed E-state index contributed by atoms with van der Waals surface area (Å²) in [7, 11) is 0. The summed E-state index contributed by atoms with van der Waals surface area (Å²) < 4.78 is 5.36. The third-order valence-corrected chi connectivity index (χ3v) is 3.28. The Hall–Kier alpha value is -1.36. The van der Waals surface area contributed by atoms with Crippen LogP contribution in [0, 0.1) is 6.92 Å². The van der Waals surface area contributed by atoms with E-state index < -0.39 is 0 Å². The Bertz CT molecular complexity index is 414. The van der Waals surface area contributed by atoms with Crippen molar-refractivity contribution in [2.45, 2.75) is 45.6 Å². The van der Waals surface area contributed by atoms with Crippen molar-refractivity contribution in [1.82, 2.24) is 9.97 Å². The summed E-state index contributed by atoms with van der Waals surface area (Å²) in [6.07, 6.45) is 2.03. The van der Waals surface area contributed by atoms with Crippen molar-refractivity contribution in [2.75, 3.05) is 24.3 Å². The molecule has 3 N–H and O–H groups in total. The van der Waals surface area contributed by atoms with E-state index in [-0.39, 0.29) is 5.92 Å². The van der Waals surface area contributed by atoms with Crippen LogP contribution in [0.3, 0.4) is 0 Å². The number of nitrogens with one attached hydrogen (secondary N) is 1. The van der Waals surface area contributed by atoms with Gasteiger partial charge in [0.05, 0.1) is 0 Å². The third kappa shape index (κ3) is 2.90. The molecule has 1 saturated heterocycles. The minimum Gasteiger partial charge on any atom is -0.383 e. The smallest absolute Gasteiger partial charge is 0.135 e. The first kappa shape index (κ1) is 13.1. The third-order valence-electron chi connectivity index (χ3n) is 3.28. The van der Waals surface area contributed by atoms with Crippen LogP contribution in [0.25, 0.3) is 0 Å². The van der Waals surface area contributed by atoms with E-state index in [1.54, 1.807) is 0 Å². The Morgan fingerprint density at radius 3 is 2.56 bits per heavy atom. The van der Waals surface area contributed by atoms with Gasteiger partial charge < -0.3 is 15.8 Å². The highest BCUT2D eigenvalue weighted by atomic mass is 16.5. The number of aromatic nitrogens is 2. The second-order valence-corrected chi connectivity index (χ2v) is 5.13. The van der Waals surface area contributed by atoms with Crippen LogP contribution in [-0.2, 0) is 4.74 Å². The molecule has 2 rings (SSSR count). The normalized spacial score (nSPS) is 17.1. The van der Waals surface area contributed by atoms with Crippen molar-refractivity contribution in [2.24, 2.45) is 0 Å². The van der Waals surface area contributed by atoms with Crippen molar-refractivity contribution < 1.29 is 4.74 Å². The summed E-state index contributed by atoms with van der Waals surface area (Å²) in [5, 5.41) is 3.47. The van der Waals surface area contributed by atoms with E-state index in [0.717, 1.165) is 43.3 Å². The number of ether oxygens (including phenoxy) is 1. The Morgan fingerprint density at radius 2 is 1.94 bits per heavy atom. The first-order valence-electron chi connectivity index (χ1n) is 6.56. The lowest BCUT2D eigenvalue weighted by molar-refractivity contribution is 0.0903. The van der Waals surface area contributed by atoms with Crippen molar-refractivity contribution in [3.8, 4) is 0 Å². The maximum Gasteiger partial charge on any atom is 0.135 e. The first-order chi connectivity index (χ1) is 8.58. The van der Waals surface area contributed by atoms with Crippen molar-refractivity contribution in [3.63, 3.8) is 0 Å². The molecule has 2 heterocycles. The molecule has 100 valence electrons. The van der Waals surface area contributed by atoms with Crippen LogP contribution in [0.4, 0.5) is 11.6 Å². The molecule has 0 amide bonds. The zero-order chi connectivity index (χ0) is 13.1. The van der Waals surface area contributed by atoms with Gasteiger partial charge in [-0.15, -0.1) is 0 Å². The van der Waals surface area contributed by atoms with Gasteiger partial charge in [0.15, 0.2) is 0 Å². The molecular formula is C13H22N4O. The fourth-order valence-corrected chi connectivity index (χ4v) is 1.99. The zero-order valence-electron chi connectivity index (χ0n) is 11.4. The molecule has 1 aromatic rings. The Kier molecular flexibility index (Phi) is 4.01. The molecule has 0 radical (unpaired) electrons. The van der Waals surface area contributed by atoms with Gasteiger partial charge in [-0.25, -0.2) is 9.97 Å². The monoisotopic (exact) mass is 250 g/mol. The number of nitrogens with two attached hydrogens (primary N) is 1. The predicted octanol–water partition coefficient (Wildman–Crippen LogP) is 2.08. The van der Waals surface area contributed by atoms with Gasteiger partial charge in [0.25, 0.3) is 0 Å². The number of nitrogens with zero attached hydrogens (tertiary/aromatic N) is 2. The highest BCUT2D eigenvalue weighted by molar-refractivity contribution is 5.55. The lowest BCUT2D eigenvalue weighted by atomic mass is 10.1. The van der Waals surface area contributed by atoms with Gasteiger partial charge in [-0.1, -0.05) is 13.8 Å². The largest absolute Gasteiger partial charge is 0.383 e. The Labute approximate surface area is 108 Å². The number of hydrogen-bond acceptors (Lipinski definition) is 5. The predicted molar refractivity (Wildman–Crippen MR) is 72.7 cm³/mol. The second kappa shape index (κ2) is 5.52. The molecule has 5 heteroatoms. The van der Waals surface area contributed by atoms with Gasteiger partial charge in [-0.2, -0.15) is 0 Å². The van der Waals surface area contributed by atoms with Crippen molar-refractivity contribution >= 4 is 11.6 Å². The molecule has 18 heavy (non-hydrogen) atoms. The molecule has 0 saturated carbocycles. The zero-order valence-corrected chi connectivity index (χ0v) is 11.4. The van der Waals surface area contributed by atoms with Crippen LogP contribution >= 0.6 is 0 Å². The SMILES string of the molecule is Cc1c(N)nc(C(C)C)nc1NC1CCOCC1. The number of rotatable bonds is 3. The standard InChI is InChI=1S/C13H22N4O/c1-8(2)12-16-11(14)9(3)13(17-12)15-10-4-6-18-7-5-10/h8,10H,4-7H2,1-3H3,(H3,14,15,16,17). The van der Waals surface area contributed by atoms with Crippen molar-refractivity contribution in [3.05, 3.63) is 11.4 Å². The number of anilines is 2. The second-order valence-electron chi connectivity index (χ2n) is 5.13. The summed E-state index contributed by atoms with van der Waals surface area (Å²) in [6, 6.07) is 0.423. The average Bonchev–Trinajstić information content (AvgIpc) is 2.35. The van der Waals surface area contributed by atoms with Gasteiger partial charge in [0.1, 0.15) is 17.5 Å². The van der Waals surface area contributed by atoms with Crippen LogP contribution in [0.1, 0.15) is 44.0 Å². The molecule has 0 spiro atoms. The average molecular weight is 250 g/mol. The molecule has 1 aliphatic heterocycles. The molecule has 0 bridgehead atoms. The number of hydrogen-bond donors (Lipinski definition) is 2. The summed E-state index contributed by atoms with van der Waals surface area (Å²) in [6.45, 7) is 7.73. The topological polar surface area (TPSA) is 73.1 Å². The van der Waals surface area contributed by atoms with Crippen LogP contribution < -0.4 is 11.1 Å². The maximum absolute atomic E-state index is 5.95. The minimum absolute atomic E-state index is 0.281. The van der Waals surface area contributed by atoms with E-state index in [9.17, 15) is 0 Å². The Balaban J connectivity index is 2.19. The van der Waals surface area contributed by atoms with Gasteiger partial charge in [0, 0.05) is 30.7 Å². The van der Waals surface area contributed by atoms with Crippen LogP contribution in [0.15, 0.2) is 0 Å². The van der Waals surface area contributed by atoms with Gasteiger partial charge in [-0.3, -0.25) is 0 Å². The quantitative estimate of drug-likeness (QED) is 0.859. The van der Waals surface area contributed by atoms with E-state index in [1.165, 1.54) is 0 Å². The van der Waals surface area contributed by atoms with Gasteiger partial charge in [0.2, 0.25) is 0 Å². The first-order valence-corrected chi connectivity index (χ1v) is 6.56. The Morgan fingerprint density at radius 1 is 1.28 bits per heavy atom. The summed E-state index contributed by atoms with van der Waals surface area (Å²) in [4.78, 5) is 8.91. The molecule has 1 aromatic heterocycles. The van der Waals surface area contributed by atoms with E-state index in [4.69, 9.17) is 10.5 Å². The lowest BCUT2D eigenvalue weighted by Gasteiger charge is -2.25. The van der Waals surface area contributed by atoms with E-state index in [1.807, 2.05) is 6.92 Å². The van der Waals surface area contributed by atoms with E-state index in [2.05, 4.69) is 29.1 Å². The summed E-state index contributed by atoms with van der Waals surface area (Å²) >= 11 is 0. The fraction of sp³-hybridized carbons (Fsp3) is 0.692. The molecule has 0 aromatic carbocycles. The van der Waals surface area contributed by atoms with Gasteiger partial charge >= 0.3 is 0 Å². The van der Waals surface area contributed by atoms with E-state index >= 15 is 0 Å². The van der Waals surface area contributed by atoms with Crippen LogP contribution in [0.2, 0.25) is 0 Å². The van der Waals surface area contributed by atoms with Crippen LogP contribution in [-0.4, -0.2) is 29.2 Å². The number of nitrogen functional groups attached to an aromatic ring is 1.